The summed E-state index contributed by atoms with van der Waals surface area (Å²) in [4.78, 5) is 4.85. The van der Waals surface area contributed by atoms with Gasteiger partial charge in [-0.3, -0.25) is 9.80 Å². The molecule has 2 fully saturated rings. The molecule has 1 aromatic rings. The fourth-order valence-corrected chi connectivity index (χ4v) is 4.23. The molecule has 0 N–H and O–H groups in total. The van der Waals surface area contributed by atoms with Crippen LogP contribution in [-0.4, -0.2) is 62.8 Å². The summed E-state index contributed by atoms with van der Waals surface area (Å²) in [6.45, 7) is 6.63. The highest BCUT2D eigenvalue weighted by Gasteiger charge is 2.49. The Bertz CT molecular complexity index is 527. The largest absolute Gasteiger partial charge is 0.383 e. The molecule has 0 unspecified atom stereocenters. The first-order valence-electron chi connectivity index (χ1n) is 8.14. The molecule has 4 nitrogen and oxygen atoms in total. The highest BCUT2D eigenvalue weighted by atomic mass is 16.5. The minimum absolute atomic E-state index is 0.251. The molecule has 2 atom stereocenters. The van der Waals surface area contributed by atoms with Crippen LogP contribution in [0.25, 0.3) is 0 Å². The van der Waals surface area contributed by atoms with Crippen LogP contribution in [0.3, 0.4) is 0 Å². The van der Waals surface area contributed by atoms with Crippen molar-refractivity contribution < 1.29 is 4.74 Å². The first kappa shape index (κ1) is 15.5. The van der Waals surface area contributed by atoms with Crippen molar-refractivity contribution in [3.63, 3.8) is 0 Å². The second kappa shape index (κ2) is 6.78. The molecule has 0 amide bonds. The molecular weight excluding hydrogens is 274 g/mol. The highest BCUT2D eigenvalue weighted by molar-refractivity contribution is 5.30. The lowest BCUT2D eigenvalue weighted by Gasteiger charge is -2.43. The van der Waals surface area contributed by atoms with Crippen LogP contribution in [0.2, 0.25) is 0 Å². The molecule has 0 saturated carbocycles. The number of nitriles is 1. The Morgan fingerprint density at radius 1 is 1.27 bits per heavy atom. The number of benzene rings is 1. The molecule has 0 aliphatic carbocycles. The van der Waals surface area contributed by atoms with E-state index in [-0.39, 0.29) is 5.41 Å². The van der Waals surface area contributed by atoms with Crippen molar-refractivity contribution in [1.29, 1.82) is 5.26 Å². The van der Waals surface area contributed by atoms with Crippen molar-refractivity contribution in [1.82, 2.24) is 9.80 Å². The fourth-order valence-electron chi connectivity index (χ4n) is 4.23. The highest BCUT2D eigenvalue weighted by Crippen LogP contribution is 2.45. The number of nitrogens with zero attached hydrogens (tertiary/aromatic N) is 3. The summed E-state index contributed by atoms with van der Waals surface area (Å²) in [5.74, 6) is 0.605. The zero-order chi connectivity index (χ0) is 15.4. The molecule has 22 heavy (non-hydrogen) atoms. The predicted octanol–water partition coefficient (Wildman–Crippen LogP) is 1.73. The Morgan fingerprint density at radius 3 is 2.77 bits per heavy atom. The van der Waals surface area contributed by atoms with Crippen LogP contribution in [0.4, 0.5) is 0 Å². The number of likely N-dealkylation sites (tertiary alicyclic amines) is 2. The second-order valence-electron chi connectivity index (χ2n) is 6.59. The lowest BCUT2D eigenvalue weighted by molar-refractivity contribution is 0.135. The topological polar surface area (TPSA) is 39.5 Å². The normalized spacial score (nSPS) is 29.2. The Kier molecular flexibility index (Phi) is 4.77. The molecule has 2 aliphatic heterocycles. The number of piperidine rings is 1. The number of ether oxygens (including phenoxy) is 1. The maximum atomic E-state index is 8.99. The van der Waals surface area contributed by atoms with Gasteiger partial charge >= 0.3 is 0 Å². The Morgan fingerprint density at radius 2 is 2.05 bits per heavy atom. The number of rotatable bonds is 5. The summed E-state index contributed by atoms with van der Waals surface area (Å²) in [5.41, 5.74) is 1.72. The SMILES string of the molecule is COCCN1C[C@@H]2CN(CC#N)CC[C@]2(c2ccccc2)C1. The van der Waals surface area contributed by atoms with Crippen molar-refractivity contribution in [2.75, 3.05) is 53.0 Å². The van der Waals surface area contributed by atoms with Gasteiger partial charge in [0.25, 0.3) is 0 Å². The third-order valence-electron chi connectivity index (χ3n) is 5.37. The van der Waals surface area contributed by atoms with Gasteiger partial charge in [0.15, 0.2) is 0 Å². The number of hydrogen-bond donors (Lipinski definition) is 0. The molecule has 1 aromatic carbocycles. The van der Waals surface area contributed by atoms with Crippen molar-refractivity contribution in [2.45, 2.75) is 11.8 Å². The van der Waals surface area contributed by atoms with E-state index in [9.17, 15) is 0 Å². The minimum atomic E-state index is 0.251. The molecule has 2 heterocycles. The van der Waals surface area contributed by atoms with E-state index in [0.29, 0.717) is 12.5 Å². The van der Waals surface area contributed by atoms with Crippen LogP contribution >= 0.6 is 0 Å². The fraction of sp³-hybridized carbons (Fsp3) is 0.611. The average molecular weight is 299 g/mol. The van der Waals surface area contributed by atoms with Gasteiger partial charge in [-0.15, -0.1) is 0 Å². The van der Waals surface area contributed by atoms with Crippen molar-refractivity contribution >= 4 is 0 Å². The van der Waals surface area contributed by atoms with E-state index in [1.165, 1.54) is 5.56 Å². The van der Waals surface area contributed by atoms with Gasteiger partial charge in [-0.25, -0.2) is 0 Å². The molecular formula is C18H25N3O. The molecule has 2 saturated heterocycles. The summed E-state index contributed by atoms with van der Waals surface area (Å²) < 4.78 is 5.26. The van der Waals surface area contributed by atoms with Crippen molar-refractivity contribution in [2.24, 2.45) is 5.92 Å². The first-order chi connectivity index (χ1) is 10.8. The number of methoxy groups -OCH3 is 1. The lowest BCUT2D eigenvalue weighted by atomic mass is 9.68. The molecule has 0 radical (unpaired) electrons. The molecule has 0 bridgehead atoms. The van der Waals surface area contributed by atoms with Crippen LogP contribution in [0.1, 0.15) is 12.0 Å². The molecule has 0 spiro atoms. The Labute approximate surface area is 133 Å². The minimum Gasteiger partial charge on any atom is -0.383 e. The molecule has 118 valence electrons. The second-order valence-corrected chi connectivity index (χ2v) is 6.59. The lowest BCUT2D eigenvalue weighted by Crippen LogP contribution is -2.49. The summed E-state index contributed by atoms with van der Waals surface area (Å²) in [6.07, 6.45) is 1.15. The van der Waals surface area contributed by atoms with E-state index in [0.717, 1.165) is 45.8 Å². The van der Waals surface area contributed by atoms with E-state index in [1.807, 2.05) is 0 Å². The van der Waals surface area contributed by atoms with Crippen molar-refractivity contribution in [3.8, 4) is 6.07 Å². The molecule has 4 heteroatoms. The monoisotopic (exact) mass is 299 g/mol. The van der Waals surface area contributed by atoms with E-state index >= 15 is 0 Å². The van der Waals surface area contributed by atoms with E-state index in [2.05, 4.69) is 46.2 Å². The van der Waals surface area contributed by atoms with Gasteiger partial charge in [0.05, 0.1) is 19.2 Å². The zero-order valence-electron chi connectivity index (χ0n) is 13.4. The van der Waals surface area contributed by atoms with Crippen LogP contribution in [0.15, 0.2) is 30.3 Å². The van der Waals surface area contributed by atoms with Crippen molar-refractivity contribution in [3.05, 3.63) is 35.9 Å². The van der Waals surface area contributed by atoms with Gasteiger partial charge in [-0.05, 0) is 17.9 Å². The maximum Gasteiger partial charge on any atom is 0.0866 e. The van der Waals surface area contributed by atoms with Gasteiger partial charge < -0.3 is 4.74 Å². The smallest absolute Gasteiger partial charge is 0.0866 e. The molecule has 3 rings (SSSR count). The third kappa shape index (κ3) is 2.89. The van der Waals surface area contributed by atoms with Crippen LogP contribution in [0.5, 0.6) is 0 Å². The van der Waals surface area contributed by atoms with E-state index < -0.39 is 0 Å². The molecule has 0 aromatic heterocycles. The number of fused-ring (bicyclic) bond motifs is 1. The van der Waals surface area contributed by atoms with Gasteiger partial charge in [-0.2, -0.15) is 5.26 Å². The Hall–Kier alpha value is -1.41. The van der Waals surface area contributed by atoms with E-state index in [4.69, 9.17) is 10.00 Å². The van der Waals surface area contributed by atoms with Gasteiger partial charge in [0.1, 0.15) is 0 Å². The van der Waals surface area contributed by atoms with E-state index in [1.54, 1.807) is 7.11 Å². The van der Waals surface area contributed by atoms with Gasteiger partial charge in [0, 0.05) is 45.2 Å². The summed E-state index contributed by atoms with van der Waals surface area (Å²) in [5, 5.41) is 8.99. The summed E-state index contributed by atoms with van der Waals surface area (Å²) in [7, 11) is 1.77. The van der Waals surface area contributed by atoms with Gasteiger partial charge in [-0.1, -0.05) is 30.3 Å². The van der Waals surface area contributed by atoms with Crippen LogP contribution in [-0.2, 0) is 10.2 Å². The summed E-state index contributed by atoms with van der Waals surface area (Å²) >= 11 is 0. The Balaban J connectivity index is 1.82. The standard InChI is InChI=1S/C18H25N3O/c1-22-12-11-21-14-17-13-20(10-8-19)9-7-18(17,15-21)16-5-3-2-4-6-16/h2-6,17H,7,9-15H2,1H3/t17-,18+/m0/s1. The first-order valence-corrected chi connectivity index (χ1v) is 8.14. The maximum absolute atomic E-state index is 8.99. The van der Waals surface area contributed by atoms with Gasteiger partial charge in [0.2, 0.25) is 0 Å². The quantitative estimate of drug-likeness (QED) is 0.776. The average Bonchev–Trinajstić information content (AvgIpc) is 2.93. The van der Waals surface area contributed by atoms with Crippen LogP contribution < -0.4 is 0 Å². The number of hydrogen-bond acceptors (Lipinski definition) is 4. The van der Waals surface area contributed by atoms with Crippen LogP contribution in [0, 0.1) is 17.2 Å². The zero-order valence-corrected chi connectivity index (χ0v) is 13.4. The molecule has 2 aliphatic rings. The third-order valence-corrected chi connectivity index (χ3v) is 5.37. The summed E-state index contributed by atoms with van der Waals surface area (Å²) in [6, 6.07) is 13.3. The predicted molar refractivity (Wildman–Crippen MR) is 86.6 cm³/mol.